The predicted molar refractivity (Wildman–Crippen MR) is 216 cm³/mol. The van der Waals surface area contributed by atoms with Gasteiger partial charge >= 0.3 is 314 Å². The topological polar surface area (TPSA) is 0 Å². The minimum Gasteiger partial charge on any atom is -1.00 e. The second-order valence-corrected chi connectivity index (χ2v) is 24.9. The Hall–Kier alpha value is -2.35. The molecular weight excluding hydrogens is 719 g/mol. The molecule has 5 aliphatic rings. The van der Waals surface area contributed by atoms with Crippen molar-refractivity contribution in [3.05, 3.63) is 129 Å². The summed E-state index contributed by atoms with van der Waals surface area (Å²) in [4.78, 5) is 0. The van der Waals surface area contributed by atoms with Gasteiger partial charge in [-0.25, -0.2) is 0 Å². The van der Waals surface area contributed by atoms with Crippen molar-refractivity contribution in [2.75, 3.05) is 0 Å². The van der Waals surface area contributed by atoms with E-state index in [0.717, 1.165) is 11.8 Å². The van der Waals surface area contributed by atoms with Gasteiger partial charge in [0.25, 0.3) is 0 Å². The number of allylic oxidation sites excluding steroid dienone is 2. The van der Waals surface area contributed by atoms with Crippen molar-refractivity contribution in [2.24, 2.45) is 11.8 Å². The van der Waals surface area contributed by atoms with E-state index >= 15 is 0 Å². The maximum Gasteiger partial charge on any atom is -1.00 e. The van der Waals surface area contributed by atoms with Crippen LogP contribution < -0.4 is 24.8 Å². The molecule has 9 rings (SSSR count). The second-order valence-electron chi connectivity index (χ2n) is 17.7. The number of hydrogen-bond donors (Lipinski definition) is 0. The molecule has 3 heteroatoms. The predicted octanol–water partition coefficient (Wildman–Crippen LogP) is 9.02. The average Bonchev–Trinajstić information content (AvgIpc) is 3.69. The van der Waals surface area contributed by atoms with Gasteiger partial charge in [-0.1, -0.05) is 0 Å². The molecule has 2 saturated carbocycles. The molecule has 3 fully saturated rings. The molecule has 1 heterocycles. The molecule has 0 spiro atoms. The molecule has 0 radical (unpaired) electrons. The van der Waals surface area contributed by atoms with Crippen molar-refractivity contribution in [1.29, 1.82) is 0 Å². The van der Waals surface area contributed by atoms with Crippen LogP contribution in [0.4, 0.5) is 0 Å². The van der Waals surface area contributed by atoms with E-state index in [1.165, 1.54) is 107 Å². The minimum absolute atomic E-state index is 0. The van der Waals surface area contributed by atoms with Crippen LogP contribution in [0.3, 0.4) is 0 Å². The van der Waals surface area contributed by atoms with Crippen LogP contribution in [0.2, 0.25) is 9.45 Å². The molecule has 4 aliphatic carbocycles. The Kier molecular flexibility index (Phi) is 11.8. The van der Waals surface area contributed by atoms with E-state index in [9.17, 15) is 0 Å². The summed E-state index contributed by atoms with van der Waals surface area (Å²) in [6, 6.07) is 34.0. The first-order valence-electron chi connectivity index (χ1n) is 20.8. The first-order valence-corrected chi connectivity index (χ1v) is 24.8. The van der Waals surface area contributed by atoms with Gasteiger partial charge in [0.05, 0.1) is 0 Å². The molecular formula is C50H58Cl2Ti. The molecule has 1 saturated heterocycles. The fourth-order valence-corrected chi connectivity index (χ4v) is 21.6. The van der Waals surface area contributed by atoms with Crippen LogP contribution in [0.25, 0.3) is 34.4 Å². The van der Waals surface area contributed by atoms with Gasteiger partial charge in [-0.05, 0) is 0 Å². The third-order valence-electron chi connectivity index (χ3n) is 14.1. The van der Waals surface area contributed by atoms with E-state index in [2.05, 4.69) is 125 Å². The van der Waals surface area contributed by atoms with E-state index in [4.69, 9.17) is 0 Å². The molecule has 53 heavy (non-hydrogen) atoms. The first kappa shape index (κ1) is 38.9. The zero-order valence-electron chi connectivity index (χ0n) is 32.4. The van der Waals surface area contributed by atoms with Crippen LogP contribution in [0.15, 0.2) is 96.1 Å². The molecule has 2 atom stereocenters. The summed E-state index contributed by atoms with van der Waals surface area (Å²) >= 11 is -2.54. The van der Waals surface area contributed by atoms with Crippen molar-refractivity contribution >= 4 is 12.2 Å². The van der Waals surface area contributed by atoms with Crippen LogP contribution in [0.1, 0.15) is 146 Å². The number of benzene rings is 4. The van der Waals surface area contributed by atoms with Gasteiger partial charge in [-0.2, -0.15) is 0 Å². The summed E-state index contributed by atoms with van der Waals surface area (Å²) in [5.41, 5.74) is 19.0. The molecule has 0 amide bonds. The van der Waals surface area contributed by atoms with E-state index in [1.54, 1.807) is 22.3 Å². The molecule has 4 aromatic carbocycles. The quantitative estimate of drug-likeness (QED) is 0.157. The van der Waals surface area contributed by atoms with Crippen LogP contribution in [-0.4, -0.2) is 0 Å². The number of rotatable bonds is 8. The fourth-order valence-electron chi connectivity index (χ4n) is 11.2. The van der Waals surface area contributed by atoms with Crippen molar-refractivity contribution in [2.45, 2.75) is 122 Å². The smallest absolute Gasteiger partial charge is 1.00 e. The second kappa shape index (κ2) is 16.0. The Morgan fingerprint density at radius 2 is 0.849 bits per heavy atom. The van der Waals surface area contributed by atoms with Crippen LogP contribution >= 0.6 is 0 Å². The van der Waals surface area contributed by atoms with E-state index in [0.29, 0.717) is 20.3 Å². The molecule has 2 unspecified atom stereocenters. The maximum atomic E-state index is 2.79. The van der Waals surface area contributed by atoms with Crippen LogP contribution in [-0.2, 0) is 16.6 Å². The third-order valence-corrected chi connectivity index (χ3v) is 22.3. The van der Waals surface area contributed by atoms with Gasteiger partial charge in [-0.15, -0.1) is 0 Å². The van der Waals surface area contributed by atoms with Crippen molar-refractivity contribution in [3.8, 4) is 22.3 Å². The number of halogens is 2. The number of hydrogen-bond acceptors (Lipinski definition) is 0. The SMILES string of the molecule is CC(C)c1ccc(-c2cccc3c2C=C(C2CCCCC2)[CH]3[Ti+2]2([CH]3C(C4CCCCC4)=Cc4c(-c5ccc(C(C)C)cc5)cccc43)[CH2][CH2]2)cc1.[Cl-].[Cl-]. The monoisotopic (exact) mass is 776 g/mol. The molecule has 0 bridgehead atoms. The molecule has 4 aromatic rings. The Labute approximate surface area is 336 Å². The zero-order valence-corrected chi connectivity index (χ0v) is 35.5. The summed E-state index contributed by atoms with van der Waals surface area (Å²) < 4.78 is 4.47. The largest absolute Gasteiger partial charge is 1.00 e. The number of fused-ring (bicyclic) bond motifs is 2. The summed E-state index contributed by atoms with van der Waals surface area (Å²) in [6.45, 7) is 9.23. The standard InChI is InChI=1S/2C24H27.C2H4.2ClH.Ti/c2*1-17(2)18-11-13-20(14-12-18)23-10-6-9-21-15-22(16-24(21)23)19-7-4-3-5-8-19;1-2;;;/h2*6,9-17,19H,3-5,7-8H2,1-2H3;1-2H2;2*1H;/q;;;;;+2/p-2. The van der Waals surface area contributed by atoms with Gasteiger partial charge in [0, 0.05) is 0 Å². The molecule has 1 aliphatic heterocycles. The summed E-state index contributed by atoms with van der Waals surface area (Å²) in [5.74, 6) is 2.66. The van der Waals surface area contributed by atoms with Crippen molar-refractivity contribution < 1.29 is 41.4 Å². The van der Waals surface area contributed by atoms with Crippen LogP contribution in [0.5, 0.6) is 0 Å². The van der Waals surface area contributed by atoms with Gasteiger partial charge in [0.1, 0.15) is 0 Å². The summed E-state index contributed by atoms with van der Waals surface area (Å²) in [6.07, 6.45) is 19.7. The fraction of sp³-hybridized carbons (Fsp3) is 0.440. The van der Waals surface area contributed by atoms with E-state index in [1.807, 2.05) is 11.1 Å². The molecule has 0 N–H and O–H groups in total. The minimum atomic E-state index is -2.54. The Balaban J connectivity index is 0.00000218. The maximum absolute atomic E-state index is 2.79. The Morgan fingerprint density at radius 1 is 0.472 bits per heavy atom. The van der Waals surface area contributed by atoms with Gasteiger partial charge < -0.3 is 24.8 Å². The van der Waals surface area contributed by atoms with Gasteiger partial charge in [-0.3, -0.25) is 0 Å². The van der Waals surface area contributed by atoms with Gasteiger partial charge in [0.15, 0.2) is 0 Å². The average molecular weight is 778 g/mol. The molecule has 0 nitrogen and oxygen atoms in total. The third kappa shape index (κ3) is 7.03. The van der Waals surface area contributed by atoms with Crippen molar-refractivity contribution in [1.82, 2.24) is 0 Å². The van der Waals surface area contributed by atoms with Gasteiger partial charge in [0.2, 0.25) is 0 Å². The Bertz CT molecular complexity index is 1820. The Morgan fingerprint density at radius 3 is 1.19 bits per heavy atom. The van der Waals surface area contributed by atoms with E-state index < -0.39 is 16.6 Å². The summed E-state index contributed by atoms with van der Waals surface area (Å²) in [7, 11) is 0. The first-order chi connectivity index (χ1) is 24.9. The summed E-state index contributed by atoms with van der Waals surface area (Å²) in [5, 5.41) is 0. The normalized spacial score (nSPS) is 21.5. The molecule has 0 aromatic heterocycles. The zero-order chi connectivity index (χ0) is 34.7. The van der Waals surface area contributed by atoms with E-state index in [-0.39, 0.29) is 24.8 Å². The molecule has 276 valence electrons. The van der Waals surface area contributed by atoms with Crippen LogP contribution in [0, 0.1) is 11.8 Å². The van der Waals surface area contributed by atoms with Crippen molar-refractivity contribution in [3.63, 3.8) is 0 Å².